The van der Waals surface area contributed by atoms with E-state index in [0.717, 1.165) is 0 Å². The Morgan fingerprint density at radius 2 is 0.453 bits per heavy atom. The van der Waals surface area contributed by atoms with Crippen LogP contribution in [0.25, 0.3) is 44.5 Å². The molecule has 0 aliphatic heterocycles. The van der Waals surface area contributed by atoms with Gasteiger partial charge in [-0.15, -0.1) is 0 Å². The van der Waals surface area contributed by atoms with E-state index in [1.165, 1.54) is 81.2 Å². The summed E-state index contributed by atoms with van der Waals surface area (Å²) in [4.78, 5) is 0. The summed E-state index contributed by atoms with van der Waals surface area (Å²) in [6.45, 7) is 9.00. The number of benzene rings is 8. The average Bonchev–Trinajstić information content (AvgIpc) is 3.21. The molecule has 258 valence electrons. The Morgan fingerprint density at radius 1 is 0.245 bits per heavy atom. The first-order chi connectivity index (χ1) is 25.9. The van der Waals surface area contributed by atoms with E-state index in [-0.39, 0.29) is 0 Å². The molecule has 8 aromatic carbocycles. The van der Waals surface area contributed by atoms with Crippen molar-refractivity contribution in [1.82, 2.24) is 0 Å². The fourth-order valence-corrected chi connectivity index (χ4v) is 18.8. The van der Waals surface area contributed by atoms with Crippen molar-refractivity contribution < 1.29 is 0 Å². The van der Waals surface area contributed by atoms with Crippen LogP contribution in [0.4, 0.5) is 0 Å². The molecule has 0 unspecified atom stereocenters. The fourth-order valence-electron chi connectivity index (χ4n) is 7.70. The van der Waals surface area contributed by atoms with Gasteiger partial charge in [0.15, 0.2) is 0 Å². The first-order valence-corrected chi connectivity index (χ1v) is 23.1. The van der Waals surface area contributed by atoms with Gasteiger partial charge in [0.05, 0.1) is 0 Å². The van der Waals surface area contributed by atoms with Crippen molar-refractivity contribution in [2.75, 3.05) is 0 Å². The van der Waals surface area contributed by atoms with Crippen LogP contribution in [0.3, 0.4) is 0 Å². The van der Waals surface area contributed by atoms with Gasteiger partial charge in [0.25, 0.3) is 0 Å². The second-order valence-electron chi connectivity index (χ2n) is 14.0. The molecule has 8 rings (SSSR count). The number of hydrogen-bond acceptors (Lipinski definition) is 0. The van der Waals surface area contributed by atoms with Gasteiger partial charge in [-0.2, -0.15) is 0 Å². The second kappa shape index (κ2) is 14.9. The van der Waals surface area contributed by atoms with Crippen LogP contribution >= 0.6 is 0 Å². The molecule has 0 bridgehead atoms. The van der Waals surface area contributed by atoms with Gasteiger partial charge < -0.3 is 0 Å². The SMILES string of the molecule is Cc1ccc([Te](c2ccc(C)c(-c3ccccc3)c2)(c2ccc(C)c(-c3ccccc3)c2)c2ccc(C)c(-c3ccccc3)c2)cc1-c1ccccc1. The van der Waals surface area contributed by atoms with E-state index in [9.17, 15) is 0 Å². The Kier molecular flexibility index (Phi) is 9.72. The Labute approximate surface area is 319 Å². The molecule has 0 saturated heterocycles. The Hall–Kier alpha value is -5.45. The van der Waals surface area contributed by atoms with Gasteiger partial charge >= 0.3 is 321 Å². The van der Waals surface area contributed by atoms with E-state index in [0.29, 0.717) is 0 Å². The summed E-state index contributed by atoms with van der Waals surface area (Å²) in [5, 5.41) is 0. The molecule has 0 N–H and O–H groups in total. The minimum atomic E-state index is -3.92. The molecule has 0 aromatic heterocycles. The van der Waals surface area contributed by atoms with Crippen molar-refractivity contribution in [3.05, 3.63) is 216 Å². The number of aryl methyl sites for hydroxylation is 4. The third kappa shape index (κ3) is 6.57. The predicted octanol–water partition coefficient (Wildman–Crippen LogP) is 11.0. The Balaban J connectivity index is 1.53. The molecule has 0 saturated carbocycles. The van der Waals surface area contributed by atoms with Crippen molar-refractivity contribution in [2.24, 2.45) is 0 Å². The van der Waals surface area contributed by atoms with Gasteiger partial charge in [-0.1, -0.05) is 0 Å². The van der Waals surface area contributed by atoms with Gasteiger partial charge in [0.1, 0.15) is 0 Å². The quantitative estimate of drug-likeness (QED) is 0.134. The van der Waals surface area contributed by atoms with E-state index < -0.39 is 18.2 Å². The molecule has 0 aliphatic rings. The average molecular weight is 797 g/mol. The third-order valence-electron chi connectivity index (χ3n) is 10.6. The van der Waals surface area contributed by atoms with Crippen LogP contribution in [-0.4, -0.2) is 18.2 Å². The van der Waals surface area contributed by atoms with Gasteiger partial charge in [-0.3, -0.25) is 0 Å². The van der Waals surface area contributed by atoms with Crippen molar-refractivity contribution in [2.45, 2.75) is 27.7 Å². The van der Waals surface area contributed by atoms with Crippen LogP contribution in [0.2, 0.25) is 0 Å². The van der Waals surface area contributed by atoms with Crippen molar-refractivity contribution >= 4 is 32.6 Å². The van der Waals surface area contributed by atoms with Crippen molar-refractivity contribution in [3.8, 4) is 44.5 Å². The molecule has 1 heteroatoms. The third-order valence-corrected chi connectivity index (χ3v) is 21.6. The van der Waals surface area contributed by atoms with Crippen LogP contribution in [0.5, 0.6) is 0 Å². The molecule has 0 heterocycles. The minimum absolute atomic E-state index is 1.25. The number of rotatable bonds is 8. The summed E-state index contributed by atoms with van der Waals surface area (Å²) < 4.78 is 5.69. The van der Waals surface area contributed by atoms with E-state index in [2.05, 4.69) is 222 Å². The monoisotopic (exact) mass is 798 g/mol. The van der Waals surface area contributed by atoms with Crippen LogP contribution < -0.4 is 14.4 Å². The summed E-state index contributed by atoms with van der Waals surface area (Å²) >= 11 is -3.92. The second-order valence-corrected chi connectivity index (χ2v) is 22.9. The molecule has 0 radical (unpaired) electrons. The molecule has 0 amide bonds. The van der Waals surface area contributed by atoms with E-state index >= 15 is 0 Å². The van der Waals surface area contributed by atoms with Gasteiger partial charge in [-0.05, 0) is 0 Å². The summed E-state index contributed by atoms with van der Waals surface area (Å²) in [7, 11) is 0. The number of hydrogen-bond donors (Lipinski definition) is 0. The predicted molar refractivity (Wildman–Crippen MR) is 231 cm³/mol. The molecule has 0 atom stereocenters. The zero-order valence-corrected chi connectivity index (χ0v) is 33.2. The maximum atomic E-state index is 2.54. The summed E-state index contributed by atoms with van der Waals surface area (Å²) in [5.74, 6) is 0. The fraction of sp³-hybridized carbons (Fsp3) is 0.0769. The van der Waals surface area contributed by atoms with E-state index in [1.54, 1.807) is 0 Å². The van der Waals surface area contributed by atoms with Crippen LogP contribution in [-0.2, 0) is 0 Å². The zero-order valence-electron chi connectivity index (χ0n) is 30.9. The van der Waals surface area contributed by atoms with Gasteiger partial charge in [0, 0.05) is 0 Å². The Morgan fingerprint density at radius 3 is 0.660 bits per heavy atom. The first kappa shape index (κ1) is 34.6. The molecule has 53 heavy (non-hydrogen) atoms. The molecule has 0 aliphatic carbocycles. The summed E-state index contributed by atoms with van der Waals surface area (Å²) in [6, 6.07) is 73.1. The topological polar surface area (TPSA) is 0 Å². The molecule has 0 spiro atoms. The summed E-state index contributed by atoms with van der Waals surface area (Å²) in [6.07, 6.45) is 0. The standard InChI is InChI=1S/C52H44Te/c1-37-25-29-45(33-49(37)41-17-9-5-10-18-41)53(46-30-26-38(2)50(34-46)42-19-11-6-12-20-42,47-31-27-39(3)51(35-47)43-21-13-7-14-22-43)48-32-28-40(4)52(36-48)44-23-15-8-16-24-44/h5-36H,1-4H3. The van der Waals surface area contributed by atoms with Crippen LogP contribution in [0.1, 0.15) is 22.3 Å². The summed E-state index contributed by atoms with van der Waals surface area (Å²) in [5.41, 5.74) is 15.3. The normalized spacial score (nSPS) is 11.7. The first-order valence-electron chi connectivity index (χ1n) is 18.4. The molecule has 8 aromatic rings. The van der Waals surface area contributed by atoms with Crippen LogP contribution in [0.15, 0.2) is 194 Å². The van der Waals surface area contributed by atoms with E-state index in [4.69, 9.17) is 0 Å². The maximum absolute atomic E-state index is 3.92. The zero-order chi connectivity index (χ0) is 36.4. The molecule has 0 fully saturated rings. The van der Waals surface area contributed by atoms with Gasteiger partial charge in [-0.25, -0.2) is 0 Å². The molecular weight excluding hydrogens is 752 g/mol. The van der Waals surface area contributed by atoms with Gasteiger partial charge in [0.2, 0.25) is 0 Å². The molecule has 0 nitrogen and oxygen atoms in total. The van der Waals surface area contributed by atoms with Crippen molar-refractivity contribution in [3.63, 3.8) is 0 Å². The molecular formula is C52H44Te. The van der Waals surface area contributed by atoms with Crippen molar-refractivity contribution in [1.29, 1.82) is 0 Å². The van der Waals surface area contributed by atoms with Crippen LogP contribution in [0, 0.1) is 27.7 Å². The van der Waals surface area contributed by atoms with E-state index in [1.807, 2.05) is 0 Å². The Bertz CT molecular complexity index is 2150.